The predicted octanol–water partition coefficient (Wildman–Crippen LogP) is 6.02. The van der Waals surface area contributed by atoms with E-state index in [2.05, 4.69) is 41.5 Å². The van der Waals surface area contributed by atoms with Crippen LogP contribution in [0.4, 0.5) is 9.52 Å². The first-order valence-corrected chi connectivity index (χ1v) is 10.7. The zero-order valence-corrected chi connectivity index (χ0v) is 16.7. The highest BCUT2D eigenvalue weighted by molar-refractivity contribution is 7.99. The van der Waals surface area contributed by atoms with E-state index in [0.717, 1.165) is 34.7 Å². The van der Waals surface area contributed by atoms with Crippen molar-refractivity contribution in [1.29, 1.82) is 0 Å². The van der Waals surface area contributed by atoms with Gasteiger partial charge in [-0.2, -0.15) is 0 Å². The number of thiazole rings is 1. The summed E-state index contributed by atoms with van der Waals surface area (Å²) in [5.74, 6) is 0.547. The molecular weight excluding hydrogens is 379 g/mol. The molecule has 0 bridgehead atoms. The summed E-state index contributed by atoms with van der Waals surface area (Å²) < 4.78 is 12.9. The summed E-state index contributed by atoms with van der Waals surface area (Å²) in [6, 6.07) is 14.7. The van der Waals surface area contributed by atoms with Gasteiger partial charge in [0.15, 0.2) is 5.13 Å². The third-order valence-corrected chi connectivity index (χ3v) is 5.90. The second-order valence-corrected chi connectivity index (χ2v) is 8.07. The van der Waals surface area contributed by atoms with E-state index < -0.39 is 0 Å². The molecule has 0 saturated heterocycles. The first-order valence-electron chi connectivity index (χ1n) is 8.87. The van der Waals surface area contributed by atoms with Gasteiger partial charge in [-0.1, -0.05) is 31.2 Å². The summed E-state index contributed by atoms with van der Waals surface area (Å²) in [6.45, 7) is 2.13. The normalized spacial score (nSPS) is 10.7. The number of aryl methyl sites for hydroxylation is 1. The van der Waals surface area contributed by atoms with E-state index in [1.807, 2.05) is 5.38 Å². The molecule has 0 aliphatic heterocycles. The molecule has 0 aliphatic rings. The number of benzene rings is 2. The summed E-state index contributed by atoms with van der Waals surface area (Å²) in [5, 5.41) is 5.46. The maximum absolute atomic E-state index is 12.9. The topological polar surface area (TPSA) is 42.0 Å². The highest BCUT2D eigenvalue weighted by Crippen LogP contribution is 2.25. The number of nitrogens with one attached hydrogen (secondary N) is 1. The van der Waals surface area contributed by atoms with Crippen molar-refractivity contribution in [2.24, 2.45) is 0 Å². The molecule has 3 aromatic rings. The van der Waals surface area contributed by atoms with Crippen LogP contribution in [0, 0.1) is 5.82 Å². The second-order valence-electron chi connectivity index (χ2n) is 6.04. The van der Waals surface area contributed by atoms with Crippen LogP contribution < -0.4 is 5.32 Å². The Kier molecular flexibility index (Phi) is 7.01. The number of rotatable bonds is 8. The highest BCUT2D eigenvalue weighted by atomic mass is 32.2. The number of carbonyl (C=O) groups excluding carboxylic acids is 1. The van der Waals surface area contributed by atoms with E-state index in [1.54, 1.807) is 23.9 Å². The largest absolute Gasteiger partial charge is 0.302 e. The van der Waals surface area contributed by atoms with Gasteiger partial charge in [-0.3, -0.25) is 4.79 Å². The van der Waals surface area contributed by atoms with Gasteiger partial charge in [0, 0.05) is 22.3 Å². The van der Waals surface area contributed by atoms with Gasteiger partial charge >= 0.3 is 0 Å². The summed E-state index contributed by atoms with van der Waals surface area (Å²) >= 11 is 3.06. The summed E-state index contributed by atoms with van der Waals surface area (Å²) in [6.07, 6.45) is 2.21. The van der Waals surface area contributed by atoms with Crippen LogP contribution >= 0.6 is 23.1 Å². The van der Waals surface area contributed by atoms with Gasteiger partial charge < -0.3 is 5.32 Å². The van der Waals surface area contributed by atoms with Crippen molar-refractivity contribution in [2.75, 3.05) is 11.1 Å². The van der Waals surface area contributed by atoms with Crippen molar-refractivity contribution in [2.45, 2.75) is 31.1 Å². The maximum atomic E-state index is 12.9. The third kappa shape index (κ3) is 5.91. The molecule has 0 spiro atoms. The van der Waals surface area contributed by atoms with Gasteiger partial charge in [-0.15, -0.1) is 23.1 Å². The van der Waals surface area contributed by atoms with Crippen molar-refractivity contribution in [3.63, 3.8) is 0 Å². The van der Waals surface area contributed by atoms with Crippen LogP contribution in [0.15, 0.2) is 58.8 Å². The number of halogens is 1. The number of anilines is 1. The third-order valence-electron chi connectivity index (χ3n) is 4.04. The minimum Gasteiger partial charge on any atom is -0.302 e. The molecule has 3 rings (SSSR count). The summed E-state index contributed by atoms with van der Waals surface area (Å²) in [7, 11) is 0. The lowest BCUT2D eigenvalue weighted by Gasteiger charge is -2.03. The Morgan fingerprint density at radius 3 is 2.59 bits per heavy atom. The number of carbonyl (C=O) groups is 1. The van der Waals surface area contributed by atoms with Gasteiger partial charge in [0.25, 0.3) is 0 Å². The molecule has 27 heavy (non-hydrogen) atoms. The van der Waals surface area contributed by atoms with Crippen molar-refractivity contribution >= 4 is 34.1 Å². The van der Waals surface area contributed by atoms with Crippen LogP contribution in [-0.2, 0) is 11.2 Å². The molecule has 1 heterocycles. The number of hydrogen-bond donors (Lipinski definition) is 1. The Bertz CT molecular complexity index is 876. The molecule has 3 nitrogen and oxygen atoms in total. The van der Waals surface area contributed by atoms with Crippen LogP contribution in [0.2, 0.25) is 0 Å². The van der Waals surface area contributed by atoms with Crippen LogP contribution in [0.3, 0.4) is 0 Å². The fraction of sp³-hybridized carbons (Fsp3) is 0.238. The number of nitrogens with zero attached hydrogens (tertiary/aromatic N) is 1. The average Bonchev–Trinajstić information content (AvgIpc) is 3.15. The number of thioether (sulfide) groups is 1. The molecule has 1 aromatic heterocycles. The molecule has 140 valence electrons. The summed E-state index contributed by atoms with van der Waals surface area (Å²) in [5.41, 5.74) is 3.23. The van der Waals surface area contributed by atoms with Gasteiger partial charge in [-0.05, 0) is 48.4 Å². The predicted molar refractivity (Wildman–Crippen MR) is 112 cm³/mol. The van der Waals surface area contributed by atoms with Gasteiger partial charge in [0.05, 0.1) is 5.69 Å². The summed E-state index contributed by atoms with van der Waals surface area (Å²) in [4.78, 5) is 17.6. The van der Waals surface area contributed by atoms with Crippen molar-refractivity contribution < 1.29 is 9.18 Å². The van der Waals surface area contributed by atoms with E-state index in [1.165, 1.54) is 29.0 Å². The minimum atomic E-state index is -0.233. The molecule has 0 radical (unpaired) electrons. The monoisotopic (exact) mass is 400 g/mol. The smallest absolute Gasteiger partial charge is 0.226 e. The molecule has 2 aromatic carbocycles. The Morgan fingerprint density at radius 2 is 1.89 bits per heavy atom. The molecular formula is C21H21FN2OS2. The molecule has 1 N–H and O–H groups in total. The minimum absolute atomic E-state index is 0.0306. The Labute approximate surface area is 167 Å². The first kappa shape index (κ1) is 19.6. The van der Waals surface area contributed by atoms with Gasteiger partial charge in [-0.25, -0.2) is 9.37 Å². The maximum Gasteiger partial charge on any atom is 0.226 e. The van der Waals surface area contributed by atoms with E-state index in [0.29, 0.717) is 11.6 Å². The van der Waals surface area contributed by atoms with E-state index >= 15 is 0 Å². The van der Waals surface area contributed by atoms with Crippen LogP contribution in [-0.4, -0.2) is 16.6 Å². The average molecular weight is 401 g/mol. The Balaban J connectivity index is 1.44. The Morgan fingerprint density at radius 1 is 1.15 bits per heavy atom. The number of aromatic nitrogens is 1. The molecule has 0 atom stereocenters. The highest BCUT2D eigenvalue weighted by Gasteiger charge is 2.08. The van der Waals surface area contributed by atoms with Crippen molar-refractivity contribution in [3.8, 4) is 11.3 Å². The quantitative estimate of drug-likeness (QED) is 0.371. The first-order chi connectivity index (χ1) is 13.1. The zero-order valence-electron chi connectivity index (χ0n) is 15.1. The van der Waals surface area contributed by atoms with Crippen LogP contribution in [0.5, 0.6) is 0 Å². The van der Waals surface area contributed by atoms with Crippen molar-refractivity contribution in [1.82, 2.24) is 4.98 Å². The lowest BCUT2D eigenvalue weighted by atomic mass is 10.1. The second kappa shape index (κ2) is 9.67. The fourth-order valence-electron chi connectivity index (χ4n) is 2.51. The molecule has 1 amide bonds. The number of amides is 1. The fourth-order valence-corrected chi connectivity index (χ4v) is 4.10. The molecule has 0 fully saturated rings. The molecule has 0 saturated carbocycles. The Hall–Kier alpha value is -2.18. The zero-order chi connectivity index (χ0) is 19.1. The van der Waals surface area contributed by atoms with E-state index in [9.17, 15) is 9.18 Å². The molecule has 0 unspecified atom stereocenters. The van der Waals surface area contributed by atoms with E-state index in [4.69, 9.17) is 0 Å². The standard InChI is InChI=1S/C21H21FN2OS2/c1-2-15-5-7-16(8-6-15)19-14-27-21(23-19)24-20(25)4-3-13-26-18-11-9-17(22)10-12-18/h5-12,14H,2-4,13H2,1H3,(H,23,24,25). The van der Waals surface area contributed by atoms with E-state index in [-0.39, 0.29) is 11.7 Å². The van der Waals surface area contributed by atoms with Gasteiger partial charge in [0.1, 0.15) is 5.82 Å². The molecule has 0 aliphatic carbocycles. The lowest BCUT2D eigenvalue weighted by molar-refractivity contribution is -0.116. The van der Waals surface area contributed by atoms with Crippen LogP contribution in [0.25, 0.3) is 11.3 Å². The molecule has 6 heteroatoms. The van der Waals surface area contributed by atoms with Crippen LogP contribution in [0.1, 0.15) is 25.3 Å². The number of hydrogen-bond acceptors (Lipinski definition) is 4. The SMILES string of the molecule is CCc1ccc(-c2csc(NC(=O)CCCSc3ccc(F)cc3)n2)cc1. The van der Waals surface area contributed by atoms with Crippen molar-refractivity contribution in [3.05, 3.63) is 65.3 Å². The van der Waals surface area contributed by atoms with Gasteiger partial charge in [0.2, 0.25) is 5.91 Å². The lowest BCUT2D eigenvalue weighted by Crippen LogP contribution is -2.11.